The summed E-state index contributed by atoms with van der Waals surface area (Å²) in [6, 6.07) is 1.37. The van der Waals surface area contributed by atoms with Crippen molar-refractivity contribution >= 4 is 17.5 Å². The van der Waals surface area contributed by atoms with Crippen molar-refractivity contribution in [1.82, 2.24) is 5.32 Å². The molecule has 2 fully saturated rings. The van der Waals surface area contributed by atoms with E-state index in [0.717, 1.165) is 19.4 Å². The molecule has 4 atom stereocenters. The molecular weight excluding hydrogens is 256 g/mol. The summed E-state index contributed by atoms with van der Waals surface area (Å²) in [4.78, 5) is 12.0. The van der Waals surface area contributed by atoms with Gasteiger partial charge in [-0.2, -0.15) is 0 Å². The van der Waals surface area contributed by atoms with E-state index in [0.29, 0.717) is 11.5 Å². The third-order valence-electron chi connectivity index (χ3n) is 3.84. The van der Waals surface area contributed by atoms with E-state index >= 15 is 0 Å². The zero-order valence-corrected chi connectivity index (χ0v) is 10.5. The first-order valence-electron chi connectivity index (χ1n) is 6.09. The number of carbonyl (C=O) groups excluding carboxylic acids is 1. The monoisotopic (exact) mass is 270 g/mol. The van der Waals surface area contributed by atoms with Gasteiger partial charge < -0.3 is 20.2 Å². The Kier molecular flexibility index (Phi) is 3.05. The molecule has 1 aliphatic heterocycles. The summed E-state index contributed by atoms with van der Waals surface area (Å²) in [5.74, 6) is 0.102. The van der Waals surface area contributed by atoms with Crippen molar-refractivity contribution in [2.45, 2.75) is 31.0 Å². The number of fused-ring (bicyclic) bond motifs is 1. The van der Waals surface area contributed by atoms with Gasteiger partial charge in [0, 0.05) is 18.6 Å². The van der Waals surface area contributed by atoms with Crippen molar-refractivity contribution in [2.75, 3.05) is 6.61 Å². The van der Waals surface area contributed by atoms with E-state index in [4.69, 9.17) is 26.5 Å². The highest BCUT2D eigenvalue weighted by atomic mass is 35.5. The van der Waals surface area contributed by atoms with Crippen molar-refractivity contribution in [2.24, 2.45) is 11.7 Å². The van der Waals surface area contributed by atoms with Gasteiger partial charge in [-0.3, -0.25) is 4.79 Å². The van der Waals surface area contributed by atoms with Gasteiger partial charge in [0.1, 0.15) is 0 Å². The molecule has 6 heteroatoms. The maximum absolute atomic E-state index is 12.0. The Bertz CT molecular complexity index is 462. The van der Waals surface area contributed by atoms with Crippen molar-refractivity contribution < 1.29 is 13.9 Å². The Morgan fingerprint density at radius 2 is 2.39 bits per heavy atom. The third kappa shape index (κ3) is 1.83. The Labute approximate surface area is 110 Å². The Morgan fingerprint density at radius 3 is 3.11 bits per heavy atom. The van der Waals surface area contributed by atoms with Crippen LogP contribution in [0.1, 0.15) is 23.2 Å². The number of carbonyl (C=O) groups is 1. The highest BCUT2D eigenvalue weighted by Gasteiger charge is 2.51. The van der Waals surface area contributed by atoms with Crippen LogP contribution >= 0.6 is 11.6 Å². The molecule has 2 heterocycles. The molecule has 2 aliphatic rings. The Hall–Kier alpha value is -1.04. The largest absolute Gasteiger partial charge is 0.452 e. The van der Waals surface area contributed by atoms with Crippen LogP contribution in [0.5, 0.6) is 0 Å². The SMILES string of the molecule is NC1C2CCCOC2C1NC(=O)c1ccoc1Cl. The second kappa shape index (κ2) is 4.57. The lowest BCUT2D eigenvalue weighted by atomic mass is 9.68. The van der Waals surface area contributed by atoms with Crippen LogP contribution in [0.15, 0.2) is 16.7 Å². The van der Waals surface area contributed by atoms with Crippen LogP contribution in [-0.2, 0) is 4.74 Å². The molecule has 18 heavy (non-hydrogen) atoms. The molecule has 1 saturated heterocycles. The zero-order chi connectivity index (χ0) is 12.7. The number of amides is 1. The number of nitrogens with one attached hydrogen (secondary N) is 1. The van der Waals surface area contributed by atoms with Crippen LogP contribution < -0.4 is 11.1 Å². The van der Waals surface area contributed by atoms with Gasteiger partial charge in [-0.05, 0) is 30.5 Å². The quantitative estimate of drug-likeness (QED) is 0.846. The molecule has 5 nitrogen and oxygen atoms in total. The van der Waals surface area contributed by atoms with Gasteiger partial charge in [-0.15, -0.1) is 0 Å². The van der Waals surface area contributed by atoms with Crippen LogP contribution in [0.2, 0.25) is 5.22 Å². The maximum Gasteiger partial charge on any atom is 0.256 e. The van der Waals surface area contributed by atoms with E-state index < -0.39 is 0 Å². The summed E-state index contributed by atoms with van der Waals surface area (Å²) in [7, 11) is 0. The normalized spacial score (nSPS) is 34.6. The average molecular weight is 271 g/mol. The molecule has 0 spiro atoms. The van der Waals surface area contributed by atoms with E-state index in [1.165, 1.54) is 6.26 Å². The van der Waals surface area contributed by atoms with Crippen molar-refractivity contribution in [3.05, 3.63) is 23.1 Å². The lowest BCUT2D eigenvalue weighted by Crippen LogP contribution is -2.72. The fourth-order valence-corrected chi connectivity index (χ4v) is 3.01. The number of nitrogens with two attached hydrogens (primary N) is 1. The second-order valence-corrected chi connectivity index (χ2v) is 5.17. The van der Waals surface area contributed by atoms with Crippen molar-refractivity contribution in [3.8, 4) is 0 Å². The highest BCUT2D eigenvalue weighted by molar-refractivity contribution is 6.32. The number of hydrogen-bond donors (Lipinski definition) is 2. The lowest BCUT2D eigenvalue weighted by Gasteiger charge is -2.52. The van der Waals surface area contributed by atoms with E-state index in [9.17, 15) is 4.79 Å². The van der Waals surface area contributed by atoms with Gasteiger partial charge in [0.25, 0.3) is 5.91 Å². The fourth-order valence-electron chi connectivity index (χ4n) is 2.81. The van der Waals surface area contributed by atoms with Gasteiger partial charge in [0.05, 0.1) is 24.0 Å². The molecular formula is C12H15ClN2O3. The van der Waals surface area contributed by atoms with E-state index in [-0.39, 0.29) is 29.3 Å². The molecule has 1 aromatic rings. The van der Waals surface area contributed by atoms with Crippen molar-refractivity contribution in [1.29, 1.82) is 0 Å². The third-order valence-corrected chi connectivity index (χ3v) is 4.13. The fraction of sp³-hybridized carbons (Fsp3) is 0.583. The van der Waals surface area contributed by atoms with E-state index in [1.807, 2.05) is 0 Å². The minimum absolute atomic E-state index is 0.0371. The number of rotatable bonds is 2. The van der Waals surface area contributed by atoms with Crippen LogP contribution in [-0.4, -0.2) is 30.7 Å². The topological polar surface area (TPSA) is 77.5 Å². The molecule has 1 saturated carbocycles. The summed E-state index contributed by atoms with van der Waals surface area (Å²) in [6.45, 7) is 0.743. The number of hydrogen-bond acceptors (Lipinski definition) is 4. The van der Waals surface area contributed by atoms with Gasteiger partial charge in [-0.1, -0.05) is 0 Å². The van der Waals surface area contributed by atoms with Crippen LogP contribution in [0.3, 0.4) is 0 Å². The van der Waals surface area contributed by atoms with Crippen LogP contribution in [0.25, 0.3) is 0 Å². The molecule has 3 N–H and O–H groups in total. The van der Waals surface area contributed by atoms with Crippen LogP contribution in [0, 0.1) is 5.92 Å². The standard InChI is InChI=1S/C12H15ClN2O3/c13-11-7(3-5-18-11)12(16)15-9-8(14)6-2-1-4-17-10(6)9/h3,5-6,8-10H,1-2,4,14H2,(H,15,16). The molecule has 3 rings (SSSR count). The first-order chi connectivity index (χ1) is 8.68. The summed E-state index contributed by atoms with van der Waals surface area (Å²) >= 11 is 5.76. The summed E-state index contributed by atoms with van der Waals surface area (Å²) < 4.78 is 10.6. The predicted molar refractivity (Wildman–Crippen MR) is 65.4 cm³/mol. The number of halogens is 1. The zero-order valence-electron chi connectivity index (χ0n) is 9.77. The summed E-state index contributed by atoms with van der Waals surface area (Å²) in [5.41, 5.74) is 6.40. The highest BCUT2D eigenvalue weighted by Crippen LogP contribution is 2.37. The van der Waals surface area contributed by atoms with Gasteiger partial charge in [0.15, 0.2) is 0 Å². The summed E-state index contributed by atoms with van der Waals surface area (Å²) in [6.07, 6.45) is 3.55. The smallest absolute Gasteiger partial charge is 0.256 e. The minimum atomic E-state index is -0.262. The van der Waals surface area contributed by atoms with E-state index in [2.05, 4.69) is 5.32 Å². The molecule has 1 aliphatic carbocycles. The molecule has 1 aromatic heterocycles. The molecule has 0 aromatic carbocycles. The second-order valence-electron chi connectivity index (χ2n) is 4.83. The van der Waals surface area contributed by atoms with Crippen molar-refractivity contribution in [3.63, 3.8) is 0 Å². The van der Waals surface area contributed by atoms with Crippen LogP contribution in [0.4, 0.5) is 0 Å². The average Bonchev–Trinajstić information content (AvgIpc) is 2.81. The summed E-state index contributed by atoms with van der Waals surface area (Å²) in [5, 5.41) is 2.97. The number of furan rings is 1. The molecule has 98 valence electrons. The minimum Gasteiger partial charge on any atom is -0.452 e. The van der Waals surface area contributed by atoms with Gasteiger partial charge >= 0.3 is 0 Å². The molecule has 0 radical (unpaired) electrons. The molecule has 0 bridgehead atoms. The maximum atomic E-state index is 12.0. The van der Waals surface area contributed by atoms with Gasteiger partial charge in [0.2, 0.25) is 5.22 Å². The molecule has 4 unspecified atom stereocenters. The van der Waals surface area contributed by atoms with E-state index in [1.54, 1.807) is 6.07 Å². The first-order valence-corrected chi connectivity index (χ1v) is 6.47. The van der Waals surface area contributed by atoms with Gasteiger partial charge in [-0.25, -0.2) is 0 Å². The first kappa shape index (κ1) is 12.0. The molecule has 1 amide bonds. The number of ether oxygens (including phenoxy) is 1. The Morgan fingerprint density at radius 1 is 1.56 bits per heavy atom. The predicted octanol–water partition coefficient (Wildman–Crippen LogP) is 1.17. The lowest BCUT2D eigenvalue weighted by molar-refractivity contribution is -0.117. The Balaban J connectivity index is 1.67.